The maximum absolute atomic E-state index is 11.0. The predicted octanol–water partition coefficient (Wildman–Crippen LogP) is 9.17. The molecule has 5 aromatic carbocycles. The van der Waals surface area contributed by atoms with Crippen LogP contribution in [0.4, 0.5) is 0 Å². The van der Waals surface area contributed by atoms with Crippen molar-refractivity contribution in [3.05, 3.63) is 137 Å². The zero-order valence-corrected chi connectivity index (χ0v) is 25.1. The van der Waals surface area contributed by atoms with Gasteiger partial charge in [-0.3, -0.25) is 4.98 Å². The summed E-state index contributed by atoms with van der Waals surface area (Å²) in [5, 5.41) is 34.8. The number of benzene rings is 5. The van der Waals surface area contributed by atoms with Crippen molar-refractivity contribution >= 4 is 43.6 Å². The Kier molecular flexibility index (Phi) is 5.97. The zero-order chi connectivity index (χ0) is 31.5. The van der Waals surface area contributed by atoms with Crippen molar-refractivity contribution < 1.29 is 0 Å². The maximum atomic E-state index is 11.0. The molecule has 3 aromatic heterocycles. The van der Waals surface area contributed by atoms with E-state index in [2.05, 4.69) is 80.9 Å². The molecule has 0 aliphatic heterocycles. The fourth-order valence-corrected chi connectivity index (χ4v) is 6.85. The summed E-state index contributed by atoms with van der Waals surface area (Å²) in [5.74, 6) is 0. The minimum absolute atomic E-state index is 0.473. The summed E-state index contributed by atoms with van der Waals surface area (Å²) < 4.78 is 4.21. The Bertz CT molecular complexity index is 2530. The molecule has 0 spiro atoms. The first-order valence-electron chi connectivity index (χ1n) is 14.9. The number of hydrogen-bond donors (Lipinski definition) is 0. The van der Waals surface area contributed by atoms with E-state index in [1.165, 1.54) is 0 Å². The van der Waals surface area contributed by atoms with Gasteiger partial charge in [0.05, 0.1) is 56.7 Å². The molecular formula is C40H24N6. The van der Waals surface area contributed by atoms with E-state index >= 15 is 0 Å². The summed E-state index contributed by atoms with van der Waals surface area (Å²) in [5.41, 5.74) is 10.2. The number of aryl methyl sites for hydroxylation is 2. The molecule has 0 aliphatic carbocycles. The van der Waals surface area contributed by atoms with Gasteiger partial charge in [0.25, 0.3) is 0 Å². The number of rotatable bonds is 3. The van der Waals surface area contributed by atoms with Crippen molar-refractivity contribution in [3.63, 3.8) is 0 Å². The summed E-state index contributed by atoms with van der Waals surface area (Å²) in [6, 6.07) is 43.1. The summed E-state index contributed by atoms with van der Waals surface area (Å²) in [6.07, 6.45) is 0. The van der Waals surface area contributed by atoms with Gasteiger partial charge in [0.2, 0.25) is 0 Å². The molecule has 6 heteroatoms. The lowest BCUT2D eigenvalue weighted by Crippen LogP contribution is -2.05. The van der Waals surface area contributed by atoms with Gasteiger partial charge in [0.15, 0.2) is 0 Å². The van der Waals surface area contributed by atoms with E-state index in [1.807, 2.05) is 74.5 Å². The molecule has 6 nitrogen and oxygen atoms in total. The van der Waals surface area contributed by atoms with Crippen molar-refractivity contribution in [2.75, 3.05) is 0 Å². The Morgan fingerprint density at radius 3 is 1.37 bits per heavy atom. The molecule has 0 fully saturated rings. The monoisotopic (exact) mass is 588 g/mol. The highest BCUT2D eigenvalue weighted by atomic mass is 15.0. The second-order valence-corrected chi connectivity index (χ2v) is 11.5. The van der Waals surface area contributed by atoms with Crippen LogP contribution in [-0.2, 0) is 0 Å². The van der Waals surface area contributed by atoms with Crippen LogP contribution >= 0.6 is 0 Å². The molecule has 8 aromatic rings. The standard InChI is InChI=1S/C40H24N6/c1-24-15-28(16-25(2)44-24)29-19-39(45-35-9-5-3-7-30(35)32-13-11-26(21-41)17-37(32)45)34(23-43)40(20-29)46-36-10-6-4-8-31(36)33-14-12-27(22-42)18-38(33)46/h3-20H,1-2H3. The number of hydrogen-bond acceptors (Lipinski definition) is 4. The molecule has 0 amide bonds. The molecule has 0 aliphatic rings. The molecule has 0 unspecified atom stereocenters. The quantitative estimate of drug-likeness (QED) is 0.206. The number of nitrogens with zero attached hydrogens (tertiary/aromatic N) is 6. The fraction of sp³-hybridized carbons (Fsp3) is 0.0500. The maximum Gasteiger partial charge on any atom is 0.104 e. The summed E-state index contributed by atoms with van der Waals surface area (Å²) in [6.45, 7) is 3.96. The van der Waals surface area contributed by atoms with Gasteiger partial charge in [-0.15, -0.1) is 0 Å². The lowest BCUT2D eigenvalue weighted by atomic mass is 9.99. The number of pyridine rings is 1. The van der Waals surface area contributed by atoms with Crippen LogP contribution in [0.25, 0.3) is 66.1 Å². The van der Waals surface area contributed by atoms with E-state index in [0.717, 1.165) is 66.1 Å². The highest BCUT2D eigenvalue weighted by molar-refractivity contribution is 6.11. The molecule has 0 saturated carbocycles. The van der Waals surface area contributed by atoms with Crippen molar-refractivity contribution in [2.45, 2.75) is 13.8 Å². The van der Waals surface area contributed by atoms with E-state index in [0.29, 0.717) is 28.1 Å². The van der Waals surface area contributed by atoms with E-state index in [1.54, 1.807) is 0 Å². The first-order valence-corrected chi connectivity index (χ1v) is 14.9. The number of para-hydroxylation sites is 2. The Morgan fingerprint density at radius 2 is 0.913 bits per heavy atom. The summed E-state index contributed by atoms with van der Waals surface area (Å²) in [4.78, 5) is 4.62. The van der Waals surface area contributed by atoms with Gasteiger partial charge in [0, 0.05) is 32.9 Å². The van der Waals surface area contributed by atoms with Crippen LogP contribution < -0.4 is 0 Å². The molecule has 0 bridgehead atoms. The van der Waals surface area contributed by atoms with E-state index in [-0.39, 0.29) is 0 Å². The molecular weight excluding hydrogens is 564 g/mol. The Balaban J connectivity index is 1.59. The minimum Gasteiger partial charge on any atom is -0.308 e. The van der Waals surface area contributed by atoms with Crippen molar-refractivity contribution in [2.24, 2.45) is 0 Å². The van der Waals surface area contributed by atoms with Crippen molar-refractivity contribution in [1.29, 1.82) is 15.8 Å². The van der Waals surface area contributed by atoms with Gasteiger partial charge in [-0.1, -0.05) is 48.5 Å². The molecule has 0 N–H and O–H groups in total. The van der Waals surface area contributed by atoms with Crippen LogP contribution in [-0.4, -0.2) is 14.1 Å². The molecule has 0 atom stereocenters. The van der Waals surface area contributed by atoms with Gasteiger partial charge < -0.3 is 9.13 Å². The average molecular weight is 589 g/mol. The van der Waals surface area contributed by atoms with Crippen LogP contribution in [0.5, 0.6) is 0 Å². The largest absolute Gasteiger partial charge is 0.308 e. The van der Waals surface area contributed by atoms with Gasteiger partial charge in [0.1, 0.15) is 11.6 Å². The SMILES string of the molecule is Cc1cc(-c2cc(-n3c4ccccc4c4ccc(C#N)cc43)c(C#N)c(-n3c4ccccc4c4ccc(C#N)cc43)c2)cc(C)n1. The van der Waals surface area contributed by atoms with Crippen LogP contribution in [0.2, 0.25) is 0 Å². The van der Waals surface area contributed by atoms with Gasteiger partial charge >= 0.3 is 0 Å². The van der Waals surface area contributed by atoms with Crippen LogP contribution in [0.3, 0.4) is 0 Å². The van der Waals surface area contributed by atoms with Gasteiger partial charge in [-0.25, -0.2) is 0 Å². The van der Waals surface area contributed by atoms with Crippen molar-refractivity contribution in [3.8, 4) is 40.7 Å². The lowest BCUT2D eigenvalue weighted by molar-refractivity contribution is 1.11. The predicted molar refractivity (Wildman–Crippen MR) is 182 cm³/mol. The molecule has 46 heavy (non-hydrogen) atoms. The smallest absolute Gasteiger partial charge is 0.104 e. The second-order valence-electron chi connectivity index (χ2n) is 11.5. The zero-order valence-electron chi connectivity index (χ0n) is 25.1. The third kappa shape index (κ3) is 3.97. The number of fused-ring (bicyclic) bond motifs is 6. The summed E-state index contributed by atoms with van der Waals surface area (Å²) in [7, 11) is 0. The first-order chi connectivity index (χ1) is 22.5. The third-order valence-corrected chi connectivity index (χ3v) is 8.71. The lowest BCUT2D eigenvalue weighted by Gasteiger charge is -2.18. The van der Waals surface area contributed by atoms with Gasteiger partial charge in [-0.2, -0.15) is 15.8 Å². The van der Waals surface area contributed by atoms with Crippen LogP contribution in [0.1, 0.15) is 28.1 Å². The highest BCUT2D eigenvalue weighted by Gasteiger charge is 2.23. The highest BCUT2D eigenvalue weighted by Crippen LogP contribution is 2.40. The molecule has 8 rings (SSSR count). The number of nitriles is 3. The molecule has 0 radical (unpaired) electrons. The van der Waals surface area contributed by atoms with Crippen LogP contribution in [0.15, 0.2) is 109 Å². The summed E-state index contributed by atoms with van der Waals surface area (Å²) >= 11 is 0. The Labute approximate surface area is 264 Å². The normalized spacial score (nSPS) is 11.2. The third-order valence-electron chi connectivity index (χ3n) is 8.71. The number of aromatic nitrogens is 3. The average Bonchev–Trinajstić information content (AvgIpc) is 3.59. The molecule has 3 heterocycles. The molecule has 214 valence electrons. The minimum atomic E-state index is 0.473. The van der Waals surface area contributed by atoms with E-state index in [4.69, 9.17) is 0 Å². The Morgan fingerprint density at radius 1 is 0.478 bits per heavy atom. The second kappa shape index (κ2) is 10.2. The van der Waals surface area contributed by atoms with Crippen molar-refractivity contribution in [1.82, 2.24) is 14.1 Å². The first kappa shape index (κ1) is 26.9. The van der Waals surface area contributed by atoms with E-state index in [9.17, 15) is 15.8 Å². The topological polar surface area (TPSA) is 94.1 Å². The van der Waals surface area contributed by atoms with Crippen LogP contribution in [0, 0.1) is 47.8 Å². The Hall–Kier alpha value is -6.68. The fourth-order valence-electron chi connectivity index (χ4n) is 6.85. The molecule has 0 saturated heterocycles. The van der Waals surface area contributed by atoms with E-state index < -0.39 is 0 Å². The van der Waals surface area contributed by atoms with Gasteiger partial charge in [-0.05, 0) is 85.6 Å².